The molecule has 0 N–H and O–H groups in total. The summed E-state index contributed by atoms with van der Waals surface area (Å²) in [5, 5.41) is 0. The molecule has 8 heteroatoms. The van der Waals surface area contributed by atoms with Gasteiger partial charge in [-0.2, -0.15) is 11.8 Å². The smallest absolute Gasteiger partial charge is 0.319 e. The number of alkyl halides is 1. The Morgan fingerprint density at radius 3 is 2.42 bits per heavy atom. The zero-order chi connectivity index (χ0) is 20.3. The standard InChI is InChI=1S/C18H32BrNO5S/c1-7-8-20(5)15(21)13(2)12-26-10-9-25-17(23)18(3,4)11-14(19)16(22)24-6/h13-14H,7-12H2,1-6H3. The number of hydrogen-bond acceptors (Lipinski definition) is 6. The molecule has 0 aromatic carbocycles. The lowest BCUT2D eigenvalue weighted by Crippen LogP contribution is -2.33. The third-order valence-corrected chi connectivity index (χ3v) is 5.77. The Balaban J connectivity index is 4.14. The van der Waals surface area contributed by atoms with Crippen LogP contribution in [-0.4, -0.2) is 66.4 Å². The largest absolute Gasteiger partial charge is 0.468 e. The summed E-state index contributed by atoms with van der Waals surface area (Å²) in [6.45, 7) is 8.49. The highest BCUT2D eigenvalue weighted by molar-refractivity contribution is 9.10. The monoisotopic (exact) mass is 453 g/mol. The van der Waals surface area contributed by atoms with Crippen LogP contribution in [0, 0.1) is 11.3 Å². The molecule has 0 saturated carbocycles. The van der Waals surface area contributed by atoms with E-state index in [4.69, 9.17) is 4.74 Å². The summed E-state index contributed by atoms with van der Waals surface area (Å²) in [5.41, 5.74) is -0.793. The third kappa shape index (κ3) is 9.26. The minimum absolute atomic E-state index is 0.0575. The fourth-order valence-electron chi connectivity index (χ4n) is 2.28. The van der Waals surface area contributed by atoms with E-state index in [1.165, 1.54) is 7.11 Å². The third-order valence-electron chi connectivity index (χ3n) is 3.88. The second-order valence-corrected chi connectivity index (χ2v) is 9.21. The van der Waals surface area contributed by atoms with Gasteiger partial charge in [-0.05, 0) is 26.7 Å². The van der Waals surface area contributed by atoms with Crippen LogP contribution in [0.2, 0.25) is 0 Å². The number of hydrogen-bond donors (Lipinski definition) is 0. The van der Waals surface area contributed by atoms with Gasteiger partial charge in [-0.3, -0.25) is 14.4 Å². The van der Waals surface area contributed by atoms with E-state index < -0.39 is 16.2 Å². The van der Waals surface area contributed by atoms with Crippen LogP contribution in [0.1, 0.15) is 40.5 Å². The number of nitrogens with zero attached hydrogens (tertiary/aromatic N) is 1. The Bertz CT molecular complexity index is 472. The van der Waals surface area contributed by atoms with Crippen LogP contribution < -0.4 is 0 Å². The van der Waals surface area contributed by atoms with Crippen LogP contribution in [0.15, 0.2) is 0 Å². The van der Waals surface area contributed by atoms with Gasteiger partial charge in [0.25, 0.3) is 0 Å². The average molecular weight is 454 g/mol. The second kappa shape index (κ2) is 12.6. The van der Waals surface area contributed by atoms with Crippen molar-refractivity contribution in [3.05, 3.63) is 0 Å². The number of halogens is 1. The summed E-state index contributed by atoms with van der Waals surface area (Å²) in [6.07, 6.45) is 1.24. The van der Waals surface area contributed by atoms with Crippen molar-refractivity contribution in [1.29, 1.82) is 0 Å². The molecule has 0 aliphatic heterocycles. The first-order valence-electron chi connectivity index (χ1n) is 8.78. The Kier molecular flexibility index (Phi) is 12.2. The molecule has 0 bridgehead atoms. The average Bonchev–Trinajstić information content (AvgIpc) is 2.59. The highest BCUT2D eigenvalue weighted by Crippen LogP contribution is 2.28. The molecule has 0 spiro atoms. The first-order valence-corrected chi connectivity index (χ1v) is 10.9. The van der Waals surface area contributed by atoms with E-state index in [1.807, 2.05) is 20.9 Å². The van der Waals surface area contributed by atoms with E-state index in [9.17, 15) is 14.4 Å². The predicted molar refractivity (Wildman–Crippen MR) is 109 cm³/mol. The van der Waals surface area contributed by atoms with E-state index in [-0.39, 0.29) is 24.4 Å². The lowest BCUT2D eigenvalue weighted by molar-refractivity contribution is -0.154. The fourth-order valence-corrected chi connectivity index (χ4v) is 4.14. The van der Waals surface area contributed by atoms with Crippen molar-refractivity contribution in [2.24, 2.45) is 11.3 Å². The van der Waals surface area contributed by atoms with Crippen molar-refractivity contribution in [3.8, 4) is 0 Å². The van der Waals surface area contributed by atoms with Gasteiger partial charge in [-0.1, -0.05) is 29.8 Å². The minimum Gasteiger partial charge on any atom is -0.468 e. The van der Waals surface area contributed by atoms with Crippen molar-refractivity contribution in [2.75, 3.05) is 38.8 Å². The van der Waals surface area contributed by atoms with Crippen LogP contribution in [0.4, 0.5) is 0 Å². The number of carbonyl (C=O) groups is 3. The molecule has 2 atom stereocenters. The molecular weight excluding hydrogens is 422 g/mol. The van der Waals surface area contributed by atoms with Crippen molar-refractivity contribution >= 4 is 45.5 Å². The maximum atomic E-state index is 12.2. The quantitative estimate of drug-likeness (QED) is 0.256. The van der Waals surface area contributed by atoms with E-state index in [2.05, 4.69) is 20.7 Å². The SMILES string of the molecule is CCCN(C)C(=O)C(C)CSCCOC(=O)C(C)(C)CC(Br)C(=O)OC. The Morgan fingerprint density at radius 1 is 1.27 bits per heavy atom. The van der Waals surface area contributed by atoms with Crippen LogP contribution in [0.25, 0.3) is 0 Å². The first kappa shape index (κ1) is 25.2. The fraction of sp³-hybridized carbons (Fsp3) is 0.833. The molecule has 0 aliphatic rings. The molecule has 152 valence electrons. The van der Waals surface area contributed by atoms with E-state index >= 15 is 0 Å². The van der Waals surface area contributed by atoms with Gasteiger partial charge in [0.1, 0.15) is 11.4 Å². The van der Waals surface area contributed by atoms with Gasteiger partial charge in [0.2, 0.25) is 5.91 Å². The molecule has 0 fully saturated rings. The molecule has 26 heavy (non-hydrogen) atoms. The minimum atomic E-state index is -0.793. The van der Waals surface area contributed by atoms with Gasteiger partial charge in [-0.25, -0.2) is 0 Å². The van der Waals surface area contributed by atoms with E-state index in [1.54, 1.807) is 30.5 Å². The maximum Gasteiger partial charge on any atom is 0.319 e. The molecule has 0 aliphatic carbocycles. The normalized spacial score (nSPS) is 13.7. The number of carbonyl (C=O) groups excluding carboxylic acids is 3. The number of ether oxygens (including phenoxy) is 2. The molecule has 1 amide bonds. The zero-order valence-electron chi connectivity index (χ0n) is 16.7. The highest BCUT2D eigenvalue weighted by Gasteiger charge is 2.34. The van der Waals surface area contributed by atoms with Crippen molar-refractivity contribution in [2.45, 2.75) is 45.4 Å². The summed E-state index contributed by atoms with van der Waals surface area (Å²) in [7, 11) is 3.13. The molecule has 2 unspecified atom stereocenters. The van der Waals surface area contributed by atoms with E-state index in [0.717, 1.165) is 13.0 Å². The predicted octanol–water partition coefficient (Wildman–Crippen LogP) is 3.12. The summed E-state index contributed by atoms with van der Waals surface area (Å²) < 4.78 is 9.97. The molecule has 0 rings (SSSR count). The summed E-state index contributed by atoms with van der Waals surface area (Å²) in [6, 6.07) is 0. The Morgan fingerprint density at radius 2 is 1.88 bits per heavy atom. The van der Waals surface area contributed by atoms with Crippen molar-refractivity contribution < 1.29 is 23.9 Å². The topological polar surface area (TPSA) is 72.9 Å². The van der Waals surface area contributed by atoms with Crippen LogP contribution in [-0.2, 0) is 23.9 Å². The molecular formula is C18H32BrNO5S. The van der Waals surface area contributed by atoms with Crippen LogP contribution in [0.3, 0.4) is 0 Å². The Labute approximate surface area is 169 Å². The number of amides is 1. The van der Waals surface area contributed by atoms with Gasteiger partial charge in [0.15, 0.2) is 0 Å². The highest BCUT2D eigenvalue weighted by atomic mass is 79.9. The molecule has 0 radical (unpaired) electrons. The molecule has 0 saturated heterocycles. The number of rotatable bonds is 12. The van der Waals surface area contributed by atoms with Gasteiger partial charge >= 0.3 is 11.9 Å². The molecule has 0 aromatic heterocycles. The van der Waals surface area contributed by atoms with Gasteiger partial charge in [0.05, 0.1) is 12.5 Å². The van der Waals surface area contributed by atoms with Crippen molar-refractivity contribution in [3.63, 3.8) is 0 Å². The molecule has 6 nitrogen and oxygen atoms in total. The van der Waals surface area contributed by atoms with Crippen LogP contribution in [0.5, 0.6) is 0 Å². The van der Waals surface area contributed by atoms with Gasteiger partial charge in [-0.15, -0.1) is 0 Å². The van der Waals surface area contributed by atoms with E-state index in [0.29, 0.717) is 17.9 Å². The zero-order valence-corrected chi connectivity index (χ0v) is 19.1. The number of methoxy groups -OCH3 is 1. The Hall–Kier alpha value is -0.760. The summed E-state index contributed by atoms with van der Waals surface area (Å²) >= 11 is 4.82. The second-order valence-electron chi connectivity index (χ2n) is 6.95. The van der Waals surface area contributed by atoms with Gasteiger partial charge in [0, 0.05) is 31.0 Å². The molecule has 0 heterocycles. The first-order chi connectivity index (χ1) is 12.1. The number of thioether (sulfide) groups is 1. The van der Waals surface area contributed by atoms with Crippen LogP contribution >= 0.6 is 27.7 Å². The summed E-state index contributed by atoms with van der Waals surface area (Å²) in [5.74, 6) is 0.652. The lowest BCUT2D eigenvalue weighted by atomic mass is 9.88. The maximum absolute atomic E-state index is 12.2. The lowest BCUT2D eigenvalue weighted by Gasteiger charge is -2.24. The summed E-state index contributed by atoms with van der Waals surface area (Å²) in [4.78, 5) is 37.0. The van der Waals surface area contributed by atoms with Gasteiger partial charge < -0.3 is 14.4 Å². The number of esters is 2. The van der Waals surface area contributed by atoms with Crippen molar-refractivity contribution in [1.82, 2.24) is 4.90 Å². The molecule has 0 aromatic rings.